The van der Waals surface area contributed by atoms with E-state index in [0.717, 1.165) is 6.42 Å². The van der Waals surface area contributed by atoms with Crippen LogP contribution >= 0.6 is 34.8 Å². The molecule has 9 heteroatoms. The topological polar surface area (TPSA) is 78.5 Å². The van der Waals surface area contributed by atoms with Crippen LogP contribution in [0.5, 0.6) is 0 Å². The third kappa shape index (κ3) is 4.76. The van der Waals surface area contributed by atoms with E-state index in [4.69, 9.17) is 34.8 Å². The standard InChI is InChI=1S/C19H16Cl3N3O3/c20-13-5-3-11(8-14(13)21)19(28)23-10-17(26)24-12-4-6-16(15(22)9-12)25-7-1-2-18(25)27/h3-6,8-9H,1-2,7,10H2,(H,23,28)(H,24,26). The Morgan fingerprint density at radius 3 is 2.43 bits per heavy atom. The highest BCUT2D eigenvalue weighted by Gasteiger charge is 2.23. The van der Waals surface area contributed by atoms with E-state index in [0.29, 0.717) is 39.9 Å². The highest BCUT2D eigenvalue weighted by Crippen LogP contribution is 2.31. The maximum atomic E-state index is 12.1. The molecular weight excluding hydrogens is 425 g/mol. The monoisotopic (exact) mass is 439 g/mol. The minimum Gasteiger partial charge on any atom is -0.343 e. The molecule has 1 heterocycles. The van der Waals surface area contributed by atoms with Crippen LogP contribution in [0.15, 0.2) is 36.4 Å². The number of hydrogen-bond donors (Lipinski definition) is 2. The van der Waals surface area contributed by atoms with Crippen molar-refractivity contribution in [2.24, 2.45) is 0 Å². The Morgan fingerprint density at radius 1 is 1.00 bits per heavy atom. The molecule has 1 saturated heterocycles. The van der Waals surface area contributed by atoms with E-state index in [-0.39, 0.29) is 17.5 Å². The number of carbonyl (C=O) groups excluding carboxylic acids is 3. The number of rotatable bonds is 5. The van der Waals surface area contributed by atoms with E-state index in [9.17, 15) is 14.4 Å². The number of benzene rings is 2. The van der Waals surface area contributed by atoms with Gasteiger partial charge in [-0.3, -0.25) is 14.4 Å². The van der Waals surface area contributed by atoms with Crippen LogP contribution in [0.1, 0.15) is 23.2 Å². The van der Waals surface area contributed by atoms with E-state index in [2.05, 4.69) is 10.6 Å². The summed E-state index contributed by atoms with van der Waals surface area (Å²) in [7, 11) is 0. The Bertz CT molecular complexity index is 949. The van der Waals surface area contributed by atoms with Crippen LogP contribution in [-0.2, 0) is 9.59 Å². The van der Waals surface area contributed by atoms with Crippen LogP contribution in [-0.4, -0.2) is 30.8 Å². The maximum absolute atomic E-state index is 12.1. The Hall–Kier alpha value is -2.28. The van der Waals surface area contributed by atoms with Crippen molar-refractivity contribution in [2.75, 3.05) is 23.3 Å². The molecule has 2 aromatic rings. The van der Waals surface area contributed by atoms with E-state index >= 15 is 0 Å². The minimum atomic E-state index is -0.449. The second-order valence-corrected chi connectivity index (χ2v) is 7.40. The molecule has 2 aromatic carbocycles. The lowest BCUT2D eigenvalue weighted by Crippen LogP contribution is -2.32. The van der Waals surface area contributed by atoms with Gasteiger partial charge in [0.05, 0.1) is 27.3 Å². The molecule has 3 amide bonds. The van der Waals surface area contributed by atoms with Gasteiger partial charge in [0.1, 0.15) is 0 Å². The van der Waals surface area contributed by atoms with Crippen LogP contribution in [0.2, 0.25) is 15.1 Å². The largest absolute Gasteiger partial charge is 0.343 e. The molecule has 0 aliphatic carbocycles. The highest BCUT2D eigenvalue weighted by molar-refractivity contribution is 6.42. The van der Waals surface area contributed by atoms with Crippen molar-refractivity contribution in [3.05, 3.63) is 57.0 Å². The average Bonchev–Trinajstić information content (AvgIpc) is 3.08. The summed E-state index contributed by atoms with van der Waals surface area (Å²) >= 11 is 18.0. The molecule has 0 radical (unpaired) electrons. The molecule has 1 aliphatic heterocycles. The van der Waals surface area contributed by atoms with Gasteiger partial charge >= 0.3 is 0 Å². The first-order valence-corrected chi connectivity index (χ1v) is 9.61. The molecule has 0 unspecified atom stereocenters. The van der Waals surface area contributed by atoms with E-state index in [1.54, 1.807) is 23.1 Å². The van der Waals surface area contributed by atoms with Gasteiger partial charge in [-0.25, -0.2) is 0 Å². The summed E-state index contributed by atoms with van der Waals surface area (Å²) in [6.07, 6.45) is 1.31. The number of nitrogens with one attached hydrogen (secondary N) is 2. The zero-order valence-electron chi connectivity index (χ0n) is 14.6. The highest BCUT2D eigenvalue weighted by atomic mass is 35.5. The van der Waals surface area contributed by atoms with Gasteiger partial charge in [-0.1, -0.05) is 34.8 Å². The molecule has 0 saturated carbocycles. The van der Waals surface area contributed by atoms with Crippen LogP contribution in [0.25, 0.3) is 0 Å². The molecule has 2 N–H and O–H groups in total. The van der Waals surface area contributed by atoms with Gasteiger partial charge in [0.2, 0.25) is 11.8 Å². The number of anilines is 2. The van der Waals surface area contributed by atoms with Gasteiger partial charge in [0.25, 0.3) is 5.91 Å². The summed E-state index contributed by atoms with van der Waals surface area (Å²) in [5.74, 6) is -0.840. The predicted octanol–water partition coefficient (Wildman–Crippen LogP) is 4.14. The number of amides is 3. The zero-order chi connectivity index (χ0) is 20.3. The zero-order valence-corrected chi connectivity index (χ0v) is 16.9. The Balaban J connectivity index is 1.57. The second kappa shape index (κ2) is 8.82. The molecule has 0 aromatic heterocycles. The molecule has 146 valence electrons. The van der Waals surface area contributed by atoms with Crippen molar-refractivity contribution in [3.8, 4) is 0 Å². The molecular formula is C19H16Cl3N3O3. The molecule has 28 heavy (non-hydrogen) atoms. The number of carbonyl (C=O) groups is 3. The fourth-order valence-corrected chi connectivity index (χ4v) is 3.39. The molecule has 1 aliphatic rings. The van der Waals surface area contributed by atoms with Gasteiger partial charge in [-0.05, 0) is 42.8 Å². The van der Waals surface area contributed by atoms with Crippen molar-refractivity contribution >= 4 is 63.9 Å². The fourth-order valence-electron chi connectivity index (χ4n) is 2.81. The second-order valence-electron chi connectivity index (χ2n) is 6.17. The van der Waals surface area contributed by atoms with Crippen molar-refractivity contribution in [3.63, 3.8) is 0 Å². The lowest BCUT2D eigenvalue weighted by atomic mass is 10.2. The third-order valence-electron chi connectivity index (χ3n) is 4.19. The maximum Gasteiger partial charge on any atom is 0.251 e. The number of hydrogen-bond acceptors (Lipinski definition) is 3. The smallest absolute Gasteiger partial charge is 0.251 e. The van der Waals surface area contributed by atoms with Gasteiger partial charge in [-0.2, -0.15) is 0 Å². The summed E-state index contributed by atoms with van der Waals surface area (Å²) in [6.45, 7) is 0.397. The third-order valence-corrected chi connectivity index (χ3v) is 5.23. The molecule has 0 atom stereocenters. The molecule has 0 spiro atoms. The molecule has 1 fully saturated rings. The summed E-state index contributed by atoms with van der Waals surface area (Å²) in [5.41, 5.74) is 1.38. The number of halogens is 3. The van der Waals surface area contributed by atoms with Crippen LogP contribution in [0.3, 0.4) is 0 Å². The summed E-state index contributed by atoms with van der Waals surface area (Å²) in [6, 6.07) is 9.37. The summed E-state index contributed by atoms with van der Waals surface area (Å²) in [5, 5.41) is 6.12. The predicted molar refractivity (Wildman–Crippen MR) is 110 cm³/mol. The Labute approximate surface area is 176 Å². The van der Waals surface area contributed by atoms with Crippen molar-refractivity contribution in [2.45, 2.75) is 12.8 Å². The summed E-state index contributed by atoms with van der Waals surface area (Å²) in [4.78, 5) is 37.7. The number of nitrogens with zero attached hydrogens (tertiary/aromatic N) is 1. The fraction of sp³-hybridized carbons (Fsp3) is 0.211. The van der Waals surface area contributed by atoms with Crippen LogP contribution in [0.4, 0.5) is 11.4 Å². The summed E-state index contributed by atoms with van der Waals surface area (Å²) < 4.78 is 0. The normalized spacial score (nSPS) is 13.5. The average molecular weight is 441 g/mol. The van der Waals surface area contributed by atoms with E-state index in [1.807, 2.05) is 0 Å². The van der Waals surface area contributed by atoms with Gasteiger partial charge < -0.3 is 15.5 Å². The van der Waals surface area contributed by atoms with E-state index in [1.165, 1.54) is 18.2 Å². The van der Waals surface area contributed by atoms with E-state index < -0.39 is 11.8 Å². The first-order chi connectivity index (χ1) is 13.3. The SMILES string of the molecule is O=C(CNC(=O)c1ccc(Cl)c(Cl)c1)Nc1ccc(N2CCCC2=O)c(Cl)c1. The van der Waals surface area contributed by atoms with Crippen LogP contribution < -0.4 is 15.5 Å². The van der Waals surface area contributed by atoms with Crippen molar-refractivity contribution in [1.29, 1.82) is 0 Å². The lowest BCUT2D eigenvalue weighted by molar-refractivity contribution is -0.117. The van der Waals surface area contributed by atoms with Crippen molar-refractivity contribution < 1.29 is 14.4 Å². The molecule has 3 rings (SSSR count). The van der Waals surface area contributed by atoms with Gasteiger partial charge in [0, 0.05) is 24.2 Å². The quantitative estimate of drug-likeness (QED) is 0.733. The Morgan fingerprint density at radius 2 is 1.79 bits per heavy atom. The first-order valence-electron chi connectivity index (χ1n) is 8.48. The molecule has 0 bridgehead atoms. The lowest BCUT2D eigenvalue weighted by Gasteiger charge is -2.18. The van der Waals surface area contributed by atoms with Crippen molar-refractivity contribution in [1.82, 2.24) is 5.32 Å². The van der Waals surface area contributed by atoms with Gasteiger partial charge in [0.15, 0.2) is 0 Å². The molecule has 6 nitrogen and oxygen atoms in total. The first kappa shape index (κ1) is 20.5. The van der Waals surface area contributed by atoms with Gasteiger partial charge in [-0.15, -0.1) is 0 Å². The Kier molecular flexibility index (Phi) is 6.44. The van der Waals surface area contributed by atoms with Crippen LogP contribution in [0, 0.1) is 0 Å². The minimum absolute atomic E-state index is 0.0312.